The summed E-state index contributed by atoms with van der Waals surface area (Å²) < 4.78 is 64.7. The van der Waals surface area contributed by atoms with Gasteiger partial charge in [0.2, 0.25) is 0 Å². The van der Waals surface area contributed by atoms with Gasteiger partial charge in [-0.3, -0.25) is 9.59 Å². The summed E-state index contributed by atoms with van der Waals surface area (Å²) in [5.41, 5.74) is 4.19. The van der Waals surface area contributed by atoms with E-state index in [1.54, 1.807) is 0 Å². The van der Waals surface area contributed by atoms with Crippen LogP contribution in [0.1, 0.15) is 77.7 Å². The number of hydrogen-bond donors (Lipinski definition) is 2. The van der Waals surface area contributed by atoms with Gasteiger partial charge in [-0.1, -0.05) is 25.7 Å². The molecule has 2 aromatic heterocycles. The lowest BCUT2D eigenvalue weighted by molar-refractivity contribution is -0.115. The summed E-state index contributed by atoms with van der Waals surface area (Å²) in [6.45, 7) is 0.827. The molecule has 2 aromatic rings. The van der Waals surface area contributed by atoms with Crippen LogP contribution in [0.5, 0.6) is 0 Å². The van der Waals surface area contributed by atoms with Crippen LogP contribution < -0.4 is 11.1 Å². The molecule has 13 heteroatoms. The monoisotopic (exact) mass is 519 g/mol. The van der Waals surface area contributed by atoms with Gasteiger partial charge in [0.15, 0.2) is 5.01 Å². The van der Waals surface area contributed by atoms with Crippen LogP contribution in [0.3, 0.4) is 0 Å². The SMILES string of the molecule is C1CCC1.CC1CCCN1C(=O)c1nc(C(N)=O)sc1-c1cnc(NCC(F)(F)F)cc1C(F)F. The molecule has 2 aliphatic rings. The number of carbonyl (C=O) groups is 2. The third-order valence-electron chi connectivity index (χ3n) is 5.74. The maximum Gasteiger partial charge on any atom is 0.405 e. The van der Waals surface area contributed by atoms with E-state index in [9.17, 15) is 31.5 Å². The number of halogens is 5. The van der Waals surface area contributed by atoms with Gasteiger partial charge in [0.25, 0.3) is 18.2 Å². The Kier molecular flexibility index (Phi) is 8.62. The van der Waals surface area contributed by atoms with E-state index < -0.39 is 42.3 Å². The van der Waals surface area contributed by atoms with Gasteiger partial charge in [-0.15, -0.1) is 11.3 Å². The second-order valence-electron chi connectivity index (χ2n) is 8.39. The molecule has 0 aromatic carbocycles. The van der Waals surface area contributed by atoms with Crippen molar-refractivity contribution in [2.75, 3.05) is 18.4 Å². The summed E-state index contributed by atoms with van der Waals surface area (Å²) in [7, 11) is 0. The van der Waals surface area contributed by atoms with Crippen LogP contribution in [-0.2, 0) is 0 Å². The van der Waals surface area contributed by atoms with E-state index in [2.05, 4.69) is 9.97 Å². The van der Waals surface area contributed by atoms with E-state index in [1.807, 2.05) is 12.2 Å². The van der Waals surface area contributed by atoms with Crippen LogP contribution in [0.25, 0.3) is 10.4 Å². The van der Waals surface area contributed by atoms with Crippen molar-refractivity contribution < 1.29 is 31.5 Å². The molecule has 3 N–H and O–H groups in total. The molecule has 0 radical (unpaired) electrons. The number of likely N-dealkylation sites (tertiary alicyclic amines) is 1. The van der Waals surface area contributed by atoms with Gasteiger partial charge < -0.3 is 16.0 Å². The third-order valence-corrected chi connectivity index (χ3v) is 6.84. The number of nitrogens with one attached hydrogen (secondary N) is 1. The molecule has 192 valence electrons. The second-order valence-corrected chi connectivity index (χ2v) is 9.39. The quantitative estimate of drug-likeness (QED) is 0.498. The van der Waals surface area contributed by atoms with Crippen LogP contribution in [0.15, 0.2) is 12.3 Å². The Balaban J connectivity index is 0.000000775. The number of nitrogens with zero attached hydrogens (tertiary/aromatic N) is 3. The van der Waals surface area contributed by atoms with E-state index in [1.165, 1.54) is 30.6 Å². The first-order valence-electron chi connectivity index (χ1n) is 11.2. The van der Waals surface area contributed by atoms with E-state index in [0.29, 0.717) is 17.9 Å². The lowest BCUT2D eigenvalue weighted by atomic mass is 10.0. The highest BCUT2D eigenvalue weighted by Crippen LogP contribution is 2.38. The molecule has 1 saturated heterocycles. The van der Waals surface area contributed by atoms with Gasteiger partial charge >= 0.3 is 6.18 Å². The molecule has 35 heavy (non-hydrogen) atoms. The normalized spacial score (nSPS) is 17.6. The lowest BCUT2D eigenvalue weighted by Gasteiger charge is -2.21. The van der Waals surface area contributed by atoms with Gasteiger partial charge in [0.05, 0.1) is 4.88 Å². The van der Waals surface area contributed by atoms with Crippen LogP contribution >= 0.6 is 11.3 Å². The zero-order valence-corrected chi connectivity index (χ0v) is 19.8. The minimum Gasteiger partial charge on any atom is -0.364 e. The smallest absolute Gasteiger partial charge is 0.364 e. The Morgan fingerprint density at radius 2 is 1.89 bits per heavy atom. The average Bonchev–Trinajstić information content (AvgIpc) is 3.36. The van der Waals surface area contributed by atoms with Crippen LogP contribution in [-0.4, -0.2) is 52.0 Å². The van der Waals surface area contributed by atoms with Gasteiger partial charge in [-0.25, -0.2) is 18.7 Å². The first kappa shape index (κ1) is 26.8. The summed E-state index contributed by atoms with van der Waals surface area (Å²) in [4.78, 5) is 33.9. The maximum atomic E-state index is 13.7. The number of pyridine rings is 1. The Hall–Kier alpha value is -2.83. The molecule has 7 nitrogen and oxygen atoms in total. The van der Waals surface area contributed by atoms with E-state index in [4.69, 9.17) is 5.73 Å². The van der Waals surface area contributed by atoms with Crippen molar-refractivity contribution in [1.82, 2.24) is 14.9 Å². The maximum absolute atomic E-state index is 13.7. The fourth-order valence-electron chi connectivity index (χ4n) is 3.50. The van der Waals surface area contributed by atoms with Crippen LogP contribution in [0.2, 0.25) is 0 Å². The number of anilines is 1. The molecule has 3 heterocycles. The number of rotatable bonds is 6. The number of alkyl halides is 5. The summed E-state index contributed by atoms with van der Waals surface area (Å²) in [6, 6.07) is 0.683. The fraction of sp³-hybridized carbons (Fsp3) is 0.545. The molecule has 2 fully saturated rings. The summed E-state index contributed by atoms with van der Waals surface area (Å²) in [5, 5.41) is 1.69. The molecule has 4 rings (SSSR count). The van der Waals surface area contributed by atoms with Crippen molar-refractivity contribution in [2.45, 2.75) is 64.1 Å². The number of nitrogens with two attached hydrogens (primary N) is 1. The number of carbonyl (C=O) groups excluding carboxylic acids is 2. The van der Waals surface area contributed by atoms with E-state index >= 15 is 0 Å². The molecular formula is C22H26F5N5O2S. The Morgan fingerprint density at radius 1 is 1.23 bits per heavy atom. The molecule has 2 amide bonds. The molecule has 0 spiro atoms. The summed E-state index contributed by atoms with van der Waals surface area (Å²) in [6.07, 6.45) is 0.807. The largest absolute Gasteiger partial charge is 0.405 e. The molecule has 1 atom stereocenters. The topological polar surface area (TPSA) is 101 Å². The first-order chi connectivity index (χ1) is 16.5. The van der Waals surface area contributed by atoms with Gasteiger partial charge in [-0.2, -0.15) is 13.2 Å². The van der Waals surface area contributed by atoms with Crippen molar-refractivity contribution >= 4 is 29.0 Å². The van der Waals surface area contributed by atoms with Crippen molar-refractivity contribution in [3.8, 4) is 10.4 Å². The summed E-state index contributed by atoms with van der Waals surface area (Å²) >= 11 is 0.657. The van der Waals surface area contributed by atoms with Crippen LogP contribution in [0, 0.1) is 0 Å². The highest BCUT2D eigenvalue weighted by Gasteiger charge is 2.33. The molecule has 1 saturated carbocycles. The second kappa shape index (κ2) is 11.3. The van der Waals surface area contributed by atoms with Crippen molar-refractivity contribution in [3.63, 3.8) is 0 Å². The average molecular weight is 520 g/mol. The third kappa shape index (κ3) is 6.86. The first-order valence-corrected chi connectivity index (χ1v) is 12.0. The standard InChI is InChI=1S/C18H18F5N5O2S.C4H8/c1-8-3-2-4-28(8)17(30)12-13(31-16(27-12)15(24)29)10-6-25-11(5-9(10)14(19)20)26-7-18(21,22)23;1-2-4-3-1/h5-6,8,14H,2-4,7H2,1H3,(H2,24,29)(H,25,26);1-4H2. The van der Waals surface area contributed by atoms with Crippen molar-refractivity contribution in [1.29, 1.82) is 0 Å². The number of primary amides is 1. The van der Waals surface area contributed by atoms with Gasteiger partial charge in [0.1, 0.15) is 18.1 Å². The lowest BCUT2D eigenvalue weighted by Crippen LogP contribution is -2.34. The zero-order valence-electron chi connectivity index (χ0n) is 19.0. The number of amides is 2. The zero-order chi connectivity index (χ0) is 25.8. The van der Waals surface area contributed by atoms with Crippen LogP contribution in [0.4, 0.5) is 27.8 Å². The molecule has 1 aliphatic carbocycles. The highest BCUT2D eigenvalue weighted by molar-refractivity contribution is 7.17. The van der Waals surface area contributed by atoms with Crippen molar-refractivity contribution in [3.05, 3.63) is 28.5 Å². The number of thiazole rings is 1. The minimum absolute atomic E-state index is 0.0388. The summed E-state index contributed by atoms with van der Waals surface area (Å²) in [5.74, 6) is -1.88. The number of aromatic nitrogens is 2. The van der Waals surface area contributed by atoms with Crippen molar-refractivity contribution in [2.24, 2.45) is 5.73 Å². The van der Waals surface area contributed by atoms with Gasteiger partial charge in [0, 0.05) is 29.9 Å². The predicted molar refractivity (Wildman–Crippen MR) is 122 cm³/mol. The molecule has 0 bridgehead atoms. The van der Waals surface area contributed by atoms with E-state index in [-0.39, 0.29) is 27.2 Å². The Morgan fingerprint density at radius 3 is 2.37 bits per heavy atom. The number of hydrogen-bond acceptors (Lipinski definition) is 6. The molecular weight excluding hydrogens is 493 g/mol. The molecule has 1 unspecified atom stereocenters. The minimum atomic E-state index is -4.56. The van der Waals surface area contributed by atoms with E-state index in [0.717, 1.165) is 25.1 Å². The Bertz CT molecular complexity index is 1050. The van der Waals surface area contributed by atoms with Gasteiger partial charge in [-0.05, 0) is 25.8 Å². The predicted octanol–water partition coefficient (Wildman–Crippen LogP) is 5.40. The fourth-order valence-corrected chi connectivity index (χ4v) is 4.44. The highest BCUT2D eigenvalue weighted by atomic mass is 32.1. The Labute approximate surface area is 202 Å². The molecule has 1 aliphatic heterocycles.